The van der Waals surface area contributed by atoms with Gasteiger partial charge in [0.15, 0.2) is 0 Å². The second kappa shape index (κ2) is 9.20. The molecule has 2 N–H and O–H groups in total. The molecule has 0 fully saturated rings. The highest BCUT2D eigenvalue weighted by atomic mass is 35.5. The highest BCUT2D eigenvalue weighted by Crippen LogP contribution is 2.26. The standard InChI is InChI=1S/C22H19ClN2O5S/c1-14-6-9-18(10-7-14)31(28,29)25-20-11-8-15(13-19(20)23)21(26)24-17-5-3-4-16(12-17)22(27)30-2/h3-13,25H,1-2H3,(H,24,26). The van der Waals surface area contributed by atoms with Crippen LogP contribution >= 0.6 is 11.6 Å². The lowest BCUT2D eigenvalue weighted by Crippen LogP contribution is -2.15. The number of aryl methyl sites for hydroxylation is 1. The van der Waals surface area contributed by atoms with Crippen molar-refractivity contribution in [1.82, 2.24) is 0 Å². The molecule has 0 heterocycles. The zero-order chi connectivity index (χ0) is 22.6. The van der Waals surface area contributed by atoms with Gasteiger partial charge in [0, 0.05) is 11.3 Å². The van der Waals surface area contributed by atoms with Gasteiger partial charge in [0.05, 0.1) is 28.3 Å². The van der Waals surface area contributed by atoms with E-state index in [0.29, 0.717) is 11.3 Å². The van der Waals surface area contributed by atoms with Gasteiger partial charge >= 0.3 is 5.97 Å². The summed E-state index contributed by atoms with van der Waals surface area (Å²) in [6.45, 7) is 1.86. The molecule has 0 spiro atoms. The quantitative estimate of drug-likeness (QED) is 0.530. The molecule has 1 amide bonds. The Morgan fingerprint density at radius 3 is 2.29 bits per heavy atom. The number of sulfonamides is 1. The first-order valence-electron chi connectivity index (χ1n) is 9.08. The van der Waals surface area contributed by atoms with E-state index in [1.807, 2.05) is 6.92 Å². The van der Waals surface area contributed by atoms with Crippen molar-refractivity contribution in [3.8, 4) is 0 Å². The Hall–Kier alpha value is -3.36. The number of nitrogens with one attached hydrogen (secondary N) is 2. The number of hydrogen-bond donors (Lipinski definition) is 2. The normalized spacial score (nSPS) is 10.9. The van der Waals surface area contributed by atoms with Gasteiger partial charge in [-0.3, -0.25) is 9.52 Å². The Kier molecular flexibility index (Phi) is 6.62. The molecule has 0 saturated carbocycles. The third-order valence-electron chi connectivity index (χ3n) is 4.35. The fraction of sp³-hybridized carbons (Fsp3) is 0.0909. The molecule has 0 saturated heterocycles. The van der Waals surface area contributed by atoms with E-state index in [1.54, 1.807) is 30.3 Å². The van der Waals surface area contributed by atoms with Gasteiger partial charge in [-0.25, -0.2) is 13.2 Å². The number of esters is 1. The van der Waals surface area contributed by atoms with Crippen LogP contribution in [0, 0.1) is 6.92 Å². The number of rotatable bonds is 6. The molecule has 3 aromatic rings. The molecule has 9 heteroatoms. The van der Waals surface area contributed by atoms with Crippen LogP contribution in [-0.2, 0) is 14.8 Å². The van der Waals surface area contributed by atoms with E-state index >= 15 is 0 Å². The minimum absolute atomic E-state index is 0.0617. The molecule has 0 bridgehead atoms. The summed E-state index contributed by atoms with van der Waals surface area (Å²) in [5.41, 5.74) is 1.98. The molecule has 7 nitrogen and oxygen atoms in total. The van der Waals surface area contributed by atoms with E-state index in [2.05, 4.69) is 14.8 Å². The predicted octanol–water partition coefficient (Wildman–Crippen LogP) is 4.49. The number of ether oxygens (including phenoxy) is 1. The molecule has 3 aromatic carbocycles. The number of halogens is 1. The van der Waals surface area contributed by atoms with Gasteiger partial charge in [0.1, 0.15) is 0 Å². The summed E-state index contributed by atoms with van der Waals surface area (Å²) in [4.78, 5) is 24.3. The van der Waals surface area contributed by atoms with Gasteiger partial charge < -0.3 is 10.1 Å². The molecule has 0 atom stereocenters. The predicted molar refractivity (Wildman–Crippen MR) is 119 cm³/mol. The summed E-state index contributed by atoms with van der Waals surface area (Å²) in [6.07, 6.45) is 0. The zero-order valence-electron chi connectivity index (χ0n) is 16.7. The van der Waals surface area contributed by atoms with Crippen LogP contribution in [0.1, 0.15) is 26.3 Å². The van der Waals surface area contributed by atoms with Gasteiger partial charge in [-0.2, -0.15) is 0 Å². The Morgan fingerprint density at radius 2 is 1.65 bits per heavy atom. The van der Waals surface area contributed by atoms with Crippen molar-refractivity contribution in [2.75, 3.05) is 17.1 Å². The maximum atomic E-state index is 12.5. The number of amides is 1. The van der Waals surface area contributed by atoms with Crippen molar-refractivity contribution in [3.63, 3.8) is 0 Å². The third kappa shape index (κ3) is 5.42. The summed E-state index contributed by atoms with van der Waals surface area (Å²) in [7, 11) is -2.56. The van der Waals surface area contributed by atoms with E-state index in [-0.39, 0.29) is 21.2 Å². The molecule has 0 radical (unpaired) electrons. The summed E-state index contributed by atoms with van der Waals surface area (Å²) in [5, 5.41) is 2.72. The van der Waals surface area contributed by atoms with Crippen molar-refractivity contribution in [2.24, 2.45) is 0 Å². The van der Waals surface area contributed by atoms with E-state index in [9.17, 15) is 18.0 Å². The summed E-state index contributed by atoms with van der Waals surface area (Å²) in [5.74, 6) is -0.999. The van der Waals surface area contributed by atoms with Gasteiger partial charge in [-0.1, -0.05) is 35.4 Å². The number of methoxy groups -OCH3 is 1. The Bertz CT molecular complexity index is 1240. The molecule has 160 valence electrons. The zero-order valence-corrected chi connectivity index (χ0v) is 18.3. The highest BCUT2D eigenvalue weighted by molar-refractivity contribution is 7.92. The topological polar surface area (TPSA) is 102 Å². The van der Waals surface area contributed by atoms with Crippen LogP contribution in [0.25, 0.3) is 0 Å². The first-order valence-corrected chi connectivity index (χ1v) is 10.9. The molecular formula is C22H19ClN2O5S. The van der Waals surface area contributed by atoms with Crippen LogP contribution in [0.4, 0.5) is 11.4 Å². The first-order chi connectivity index (χ1) is 14.7. The minimum atomic E-state index is -3.83. The first kappa shape index (κ1) is 22.3. The molecule has 0 aliphatic rings. The summed E-state index contributed by atoms with van der Waals surface area (Å²) in [6, 6.07) is 16.9. The third-order valence-corrected chi connectivity index (χ3v) is 6.04. The molecule has 3 rings (SSSR count). The maximum Gasteiger partial charge on any atom is 0.337 e. The second-order valence-corrected chi connectivity index (χ2v) is 8.73. The number of carbonyl (C=O) groups is 2. The smallest absolute Gasteiger partial charge is 0.337 e. The van der Waals surface area contributed by atoms with Gasteiger partial charge in [-0.05, 0) is 55.5 Å². The Balaban J connectivity index is 1.76. The van der Waals surface area contributed by atoms with Gasteiger partial charge in [-0.15, -0.1) is 0 Å². The van der Waals surface area contributed by atoms with Crippen LogP contribution in [0.15, 0.2) is 71.6 Å². The van der Waals surface area contributed by atoms with Crippen LogP contribution < -0.4 is 10.0 Å². The largest absolute Gasteiger partial charge is 0.465 e. The fourth-order valence-electron chi connectivity index (χ4n) is 2.71. The van der Waals surface area contributed by atoms with E-state index in [1.165, 1.54) is 43.5 Å². The fourth-order valence-corrected chi connectivity index (χ4v) is 4.07. The van der Waals surface area contributed by atoms with E-state index < -0.39 is 21.9 Å². The average Bonchev–Trinajstić information content (AvgIpc) is 2.75. The molecular weight excluding hydrogens is 440 g/mol. The molecule has 0 unspecified atom stereocenters. The van der Waals surface area contributed by atoms with Crippen LogP contribution in [-0.4, -0.2) is 27.4 Å². The molecule has 31 heavy (non-hydrogen) atoms. The monoisotopic (exact) mass is 458 g/mol. The summed E-state index contributed by atoms with van der Waals surface area (Å²) < 4.78 is 32.2. The number of hydrogen-bond acceptors (Lipinski definition) is 5. The lowest BCUT2D eigenvalue weighted by atomic mass is 10.1. The molecule has 0 aliphatic carbocycles. The lowest BCUT2D eigenvalue weighted by molar-refractivity contribution is 0.0600. The number of benzene rings is 3. The second-order valence-electron chi connectivity index (χ2n) is 6.64. The van der Waals surface area contributed by atoms with Gasteiger partial charge in [0.25, 0.3) is 15.9 Å². The van der Waals surface area contributed by atoms with Crippen molar-refractivity contribution in [3.05, 3.63) is 88.4 Å². The van der Waals surface area contributed by atoms with Crippen LogP contribution in [0.5, 0.6) is 0 Å². The van der Waals surface area contributed by atoms with Gasteiger partial charge in [0.2, 0.25) is 0 Å². The lowest BCUT2D eigenvalue weighted by Gasteiger charge is -2.12. The number of carbonyl (C=O) groups excluding carboxylic acids is 2. The minimum Gasteiger partial charge on any atom is -0.465 e. The van der Waals surface area contributed by atoms with Crippen LogP contribution in [0.3, 0.4) is 0 Å². The SMILES string of the molecule is COC(=O)c1cccc(NC(=O)c2ccc(NS(=O)(=O)c3ccc(C)cc3)c(Cl)c2)c1. The van der Waals surface area contributed by atoms with Crippen LogP contribution in [0.2, 0.25) is 5.02 Å². The highest BCUT2D eigenvalue weighted by Gasteiger charge is 2.17. The Labute approximate surface area is 185 Å². The molecule has 0 aliphatic heterocycles. The van der Waals surface area contributed by atoms with Crippen molar-refractivity contribution >= 4 is 44.9 Å². The van der Waals surface area contributed by atoms with Crippen molar-refractivity contribution in [1.29, 1.82) is 0 Å². The van der Waals surface area contributed by atoms with E-state index in [4.69, 9.17) is 11.6 Å². The number of anilines is 2. The van der Waals surface area contributed by atoms with E-state index in [0.717, 1.165) is 5.56 Å². The Morgan fingerprint density at radius 1 is 0.935 bits per heavy atom. The average molecular weight is 459 g/mol. The molecule has 0 aromatic heterocycles. The van der Waals surface area contributed by atoms with Crippen molar-refractivity contribution in [2.45, 2.75) is 11.8 Å². The van der Waals surface area contributed by atoms with Crippen molar-refractivity contribution < 1.29 is 22.7 Å². The summed E-state index contributed by atoms with van der Waals surface area (Å²) >= 11 is 6.21. The maximum absolute atomic E-state index is 12.5.